The van der Waals surface area contributed by atoms with Crippen LogP contribution in [0.2, 0.25) is 0 Å². The molecule has 0 aromatic rings. The summed E-state index contributed by atoms with van der Waals surface area (Å²) >= 11 is 9.90. The van der Waals surface area contributed by atoms with Crippen molar-refractivity contribution in [3.63, 3.8) is 0 Å². The zero-order valence-corrected chi connectivity index (χ0v) is 35.3. The van der Waals surface area contributed by atoms with E-state index in [1.54, 1.807) is 13.8 Å². The summed E-state index contributed by atoms with van der Waals surface area (Å²) in [6, 6.07) is 0. The second-order valence-electron chi connectivity index (χ2n) is 12.0. The van der Waals surface area contributed by atoms with E-state index in [0.29, 0.717) is 0 Å². The van der Waals surface area contributed by atoms with Gasteiger partial charge in [0.05, 0.1) is 0 Å². The van der Waals surface area contributed by atoms with Crippen molar-refractivity contribution in [2.45, 2.75) is 233 Å². The SMILES string of the molecule is CCCCCCCCCCCCCCCCCC[S-].CCCCCCCCCCCCCCCCCC[S-].[CH2]C.[CH2]C.[Sn+2]. The summed E-state index contributed by atoms with van der Waals surface area (Å²) in [4.78, 5) is 0. The molecule has 0 atom stereocenters. The van der Waals surface area contributed by atoms with Crippen LogP contribution in [0.3, 0.4) is 0 Å². The summed E-state index contributed by atoms with van der Waals surface area (Å²) in [7, 11) is 0. The van der Waals surface area contributed by atoms with E-state index in [1.165, 1.54) is 205 Å². The standard InChI is InChI=1S/2C18H38S.2C2H5.Sn/c2*1-2-3-4-5-6-7-8-9-10-11-12-13-14-15-16-17-18-19;2*1-2;/h2*19H,2-18H2,1H3;2*1H2,2H3;/q;;;;+2/p-2. The van der Waals surface area contributed by atoms with E-state index >= 15 is 0 Å². The maximum Gasteiger partial charge on any atom is 2.00 e. The molecule has 0 saturated heterocycles. The van der Waals surface area contributed by atoms with E-state index in [2.05, 4.69) is 27.7 Å². The maximum absolute atomic E-state index is 4.95. The van der Waals surface area contributed by atoms with Crippen molar-refractivity contribution in [2.24, 2.45) is 0 Å². The fourth-order valence-corrected chi connectivity index (χ4v) is 5.71. The molecule has 0 fully saturated rings. The molecule has 43 heavy (non-hydrogen) atoms. The zero-order valence-electron chi connectivity index (χ0n) is 30.8. The first-order chi connectivity index (χ1) is 20.8. The summed E-state index contributed by atoms with van der Waals surface area (Å²) in [5.74, 6) is 1.91. The van der Waals surface area contributed by atoms with Gasteiger partial charge < -0.3 is 25.3 Å². The van der Waals surface area contributed by atoms with E-state index in [1.807, 2.05) is 0 Å². The van der Waals surface area contributed by atoms with Crippen LogP contribution < -0.4 is 0 Å². The predicted octanol–water partition coefficient (Wildman–Crippen LogP) is 14.9. The molecule has 0 nitrogen and oxygen atoms in total. The van der Waals surface area contributed by atoms with Crippen molar-refractivity contribution in [2.75, 3.05) is 11.5 Å². The van der Waals surface area contributed by atoms with E-state index in [0.717, 1.165) is 11.5 Å². The molecule has 0 aliphatic heterocycles. The third kappa shape index (κ3) is 66.8. The first kappa shape index (κ1) is 54.0. The average molecular weight is 748 g/mol. The second-order valence-corrected chi connectivity index (χ2v) is 12.8. The van der Waals surface area contributed by atoms with Crippen LogP contribution in [0.25, 0.3) is 0 Å². The minimum absolute atomic E-state index is 0. The molecule has 3 heteroatoms. The first-order valence-corrected chi connectivity index (χ1v) is 20.6. The Morgan fingerprint density at radius 1 is 0.256 bits per heavy atom. The molecule has 4 radical (unpaired) electrons. The molecular formula is C40H84S2Sn. The third-order valence-corrected chi connectivity index (χ3v) is 8.57. The Morgan fingerprint density at radius 3 is 0.488 bits per heavy atom. The summed E-state index contributed by atoms with van der Waals surface area (Å²) < 4.78 is 0. The van der Waals surface area contributed by atoms with Crippen LogP contribution in [0.15, 0.2) is 0 Å². The van der Waals surface area contributed by atoms with Crippen molar-refractivity contribution < 1.29 is 0 Å². The van der Waals surface area contributed by atoms with Gasteiger partial charge in [-0.25, -0.2) is 0 Å². The van der Waals surface area contributed by atoms with Gasteiger partial charge in [0.2, 0.25) is 0 Å². The number of hydrogen-bond donors (Lipinski definition) is 0. The molecule has 0 aliphatic rings. The molecule has 0 rings (SSSR count). The van der Waals surface area contributed by atoms with Gasteiger partial charge in [-0.2, -0.15) is 11.5 Å². The van der Waals surface area contributed by atoms with Gasteiger partial charge in [-0.05, 0) is 0 Å². The molecule has 0 amide bonds. The van der Waals surface area contributed by atoms with Crippen LogP contribution in [0.1, 0.15) is 233 Å². The molecular weight excluding hydrogens is 663 g/mol. The van der Waals surface area contributed by atoms with Gasteiger partial charge in [0.25, 0.3) is 0 Å². The number of hydrogen-bond acceptors (Lipinski definition) is 2. The van der Waals surface area contributed by atoms with E-state index < -0.39 is 0 Å². The Balaban J connectivity index is -0.000000196. The molecule has 0 bridgehead atoms. The molecule has 0 aromatic heterocycles. The van der Waals surface area contributed by atoms with Crippen molar-refractivity contribution in [1.29, 1.82) is 0 Å². The summed E-state index contributed by atoms with van der Waals surface area (Å²) in [5.41, 5.74) is 0. The smallest absolute Gasteiger partial charge is 0.793 e. The molecule has 0 spiro atoms. The van der Waals surface area contributed by atoms with Crippen molar-refractivity contribution in [3.8, 4) is 0 Å². The minimum Gasteiger partial charge on any atom is -0.793 e. The normalized spacial score (nSPS) is 10.0. The molecule has 0 aromatic carbocycles. The molecule has 0 heterocycles. The monoisotopic (exact) mass is 749 g/mol. The van der Waals surface area contributed by atoms with Crippen molar-refractivity contribution in [1.82, 2.24) is 0 Å². The Kier molecular flexibility index (Phi) is 78.2. The van der Waals surface area contributed by atoms with E-state index in [4.69, 9.17) is 25.3 Å². The molecule has 0 saturated carbocycles. The maximum atomic E-state index is 4.95. The van der Waals surface area contributed by atoms with E-state index in [9.17, 15) is 0 Å². The van der Waals surface area contributed by atoms with Crippen LogP contribution in [-0.4, -0.2) is 35.4 Å². The third-order valence-electron chi connectivity index (χ3n) is 8.00. The van der Waals surface area contributed by atoms with E-state index in [-0.39, 0.29) is 23.9 Å². The Labute approximate surface area is 305 Å². The van der Waals surface area contributed by atoms with Crippen LogP contribution in [-0.2, 0) is 25.3 Å². The van der Waals surface area contributed by atoms with Crippen LogP contribution in [0, 0.1) is 13.8 Å². The molecule has 0 N–H and O–H groups in total. The quantitative estimate of drug-likeness (QED) is 0.0382. The zero-order chi connectivity index (χ0) is 32.0. The van der Waals surface area contributed by atoms with Crippen LogP contribution in [0.5, 0.6) is 0 Å². The molecule has 0 unspecified atom stereocenters. The van der Waals surface area contributed by atoms with Crippen molar-refractivity contribution >= 4 is 49.2 Å². The fourth-order valence-electron chi connectivity index (χ4n) is 5.30. The van der Waals surface area contributed by atoms with Gasteiger partial charge in [-0.15, -0.1) is 0 Å². The number of unbranched alkanes of at least 4 members (excludes halogenated alkanes) is 30. The molecule has 260 valence electrons. The fraction of sp³-hybridized carbons (Fsp3) is 0.950. The molecule has 0 aliphatic carbocycles. The number of rotatable bonds is 32. The van der Waals surface area contributed by atoms with Gasteiger partial charge in [0, 0.05) is 0 Å². The summed E-state index contributed by atoms with van der Waals surface area (Å²) in [6.07, 6.45) is 45.9. The van der Waals surface area contributed by atoms with Crippen molar-refractivity contribution in [3.05, 3.63) is 13.8 Å². The van der Waals surface area contributed by atoms with Crippen LogP contribution >= 0.6 is 0 Å². The minimum atomic E-state index is 0. The predicted molar refractivity (Wildman–Crippen MR) is 211 cm³/mol. The Hall–Kier alpha value is 1.50. The average Bonchev–Trinajstić information content (AvgIpc) is 3.03. The van der Waals surface area contributed by atoms with Gasteiger partial charge in [-0.1, -0.05) is 247 Å². The van der Waals surface area contributed by atoms with Crippen LogP contribution in [0.4, 0.5) is 0 Å². The first-order valence-electron chi connectivity index (χ1n) is 19.4. The van der Waals surface area contributed by atoms with Gasteiger partial charge in [0.15, 0.2) is 0 Å². The topological polar surface area (TPSA) is 0 Å². The summed E-state index contributed by atoms with van der Waals surface area (Å²) in [6.45, 7) is 14.6. The Morgan fingerprint density at radius 2 is 0.372 bits per heavy atom. The summed E-state index contributed by atoms with van der Waals surface area (Å²) in [5, 5.41) is 0. The van der Waals surface area contributed by atoms with Gasteiger partial charge in [0.1, 0.15) is 0 Å². The largest absolute Gasteiger partial charge is 2.00 e. The Bertz CT molecular complexity index is 298. The van der Waals surface area contributed by atoms with Gasteiger partial charge >= 0.3 is 23.9 Å². The van der Waals surface area contributed by atoms with Gasteiger partial charge in [-0.3, -0.25) is 0 Å². The second kappa shape index (κ2) is 62.3.